The number of ether oxygens (including phenoxy) is 1. The highest BCUT2D eigenvalue weighted by molar-refractivity contribution is 6.10. The number of anilines is 1. The number of nitrogens with one attached hydrogen (secondary N) is 1. The van der Waals surface area contributed by atoms with Gasteiger partial charge in [-0.1, -0.05) is 0 Å². The van der Waals surface area contributed by atoms with Gasteiger partial charge in [-0.2, -0.15) is 10.2 Å². The second-order valence-electron chi connectivity index (χ2n) is 6.87. The Balaban J connectivity index is 1.77. The van der Waals surface area contributed by atoms with Crippen molar-refractivity contribution < 1.29 is 27.5 Å². The van der Waals surface area contributed by atoms with Crippen LogP contribution in [0, 0.1) is 5.82 Å². The Bertz CT molecular complexity index is 1350. The first-order valence-corrected chi connectivity index (χ1v) is 9.73. The van der Waals surface area contributed by atoms with E-state index in [4.69, 9.17) is 4.74 Å². The number of carbonyl (C=O) groups excluding carboxylic acids is 2. The molecule has 3 heterocycles. The third-order valence-corrected chi connectivity index (χ3v) is 4.77. The molecule has 4 rings (SSSR count). The summed E-state index contributed by atoms with van der Waals surface area (Å²) in [6.45, 7) is 1.76. The van der Waals surface area contributed by atoms with E-state index in [0.717, 1.165) is 16.8 Å². The van der Waals surface area contributed by atoms with E-state index in [-0.39, 0.29) is 34.9 Å². The number of amides is 1. The largest absolute Gasteiger partial charge is 0.462 e. The summed E-state index contributed by atoms with van der Waals surface area (Å²) in [5.74, 6) is -1.87. The summed E-state index contributed by atoms with van der Waals surface area (Å²) in [5.41, 5.74) is -0.227. The summed E-state index contributed by atoms with van der Waals surface area (Å²) < 4.78 is 47.8. The Labute approximate surface area is 184 Å². The van der Waals surface area contributed by atoms with Crippen molar-refractivity contribution in [3.63, 3.8) is 0 Å². The fraction of sp³-hybridized carbons (Fsp3) is 0.190. The minimum atomic E-state index is -2.92. The summed E-state index contributed by atoms with van der Waals surface area (Å²) in [5, 5.41) is 10.4. The molecular weight excluding hydrogens is 441 g/mol. The highest BCUT2D eigenvalue weighted by atomic mass is 19.3. The third kappa shape index (κ3) is 4.14. The molecule has 0 atom stereocenters. The van der Waals surface area contributed by atoms with Gasteiger partial charge in [-0.25, -0.2) is 27.5 Å². The molecule has 3 aromatic heterocycles. The fourth-order valence-corrected chi connectivity index (χ4v) is 3.19. The molecule has 0 spiro atoms. The molecule has 12 heteroatoms. The van der Waals surface area contributed by atoms with Gasteiger partial charge in [0.05, 0.1) is 24.7 Å². The van der Waals surface area contributed by atoms with Crippen molar-refractivity contribution >= 4 is 23.3 Å². The van der Waals surface area contributed by atoms with Crippen molar-refractivity contribution in [3.05, 3.63) is 65.4 Å². The van der Waals surface area contributed by atoms with Crippen molar-refractivity contribution in [2.24, 2.45) is 7.05 Å². The summed E-state index contributed by atoms with van der Waals surface area (Å²) in [4.78, 5) is 29.5. The first-order chi connectivity index (χ1) is 15.8. The number of rotatable bonds is 6. The summed E-state index contributed by atoms with van der Waals surface area (Å²) >= 11 is 0. The Morgan fingerprint density at radius 2 is 1.82 bits per heavy atom. The Hall–Kier alpha value is -4.22. The molecule has 0 saturated carbocycles. The van der Waals surface area contributed by atoms with Gasteiger partial charge in [0, 0.05) is 12.6 Å². The maximum Gasteiger partial charge on any atom is 0.343 e. The molecule has 0 aliphatic rings. The SMILES string of the molecule is CCOC(=O)c1cnn(C)c1NC(=O)c1cnn2c(C(F)F)cc(-c3ccc(F)cc3)nc12. The predicted molar refractivity (Wildman–Crippen MR) is 110 cm³/mol. The lowest BCUT2D eigenvalue weighted by molar-refractivity contribution is 0.0527. The second-order valence-corrected chi connectivity index (χ2v) is 6.87. The Morgan fingerprint density at radius 1 is 1.12 bits per heavy atom. The van der Waals surface area contributed by atoms with E-state index in [0.29, 0.717) is 5.56 Å². The van der Waals surface area contributed by atoms with Crippen LogP contribution >= 0.6 is 0 Å². The number of carbonyl (C=O) groups is 2. The molecule has 1 aromatic carbocycles. The van der Waals surface area contributed by atoms with Gasteiger partial charge >= 0.3 is 5.97 Å². The normalized spacial score (nSPS) is 11.2. The summed E-state index contributed by atoms with van der Waals surface area (Å²) in [7, 11) is 1.51. The van der Waals surface area contributed by atoms with Crippen LogP contribution in [0.2, 0.25) is 0 Å². The Morgan fingerprint density at radius 3 is 2.48 bits per heavy atom. The lowest BCUT2D eigenvalue weighted by Crippen LogP contribution is -2.18. The van der Waals surface area contributed by atoms with E-state index in [1.807, 2.05) is 0 Å². The molecule has 1 amide bonds. The van der Waals surface area contributed by atoms with Crippen LogP contribution in [-0.4, -0.2) is 42.9 Å². The fourth-order valence-electron chi connectivity index (χ4n) is 3.19. The number of halogens is 3. The van der Waals surface area contributed by atoms with Crippen molar-refractivity contribution in [3.8, 4) is 11.3 Å². The molecule has 170 valence electrons. The standard InChI is InChI=1S/C21H17F3N6O3/c1-3-33-21(32)14-10-25-29(2)18(14)28-20(31)13-9-26-30-16(17(23)24)8-15(27-19(13)30)11-4-6-12(22)7-5-11/h4-10,17H,3H2,1-2H3,(H,28,31). The van der Waals surface area contributed by atoms with Crippen molar-refractivity contribution in [1.29, 1.82) is 0 Å². The number of aryl methyl sites for hydroxylation is 1. The first-order valence-electron chi connectivity index (χ1n) is 9.73. The van der Waals surface area contributed by atoms with E-state index >= 15 is 0 Å². The van der Waals surface area contributed by atoms with Crippen molar-refractivity contribution in [2.75, 3.05) is 11.9 Å². The first kappa shape index (κ1) is 22.0. The van der Waals surface area contributed by atoms with Crippen LogP contribution in [0.5, 0.6) is 0 Å². The van der Waals surface area contributed by atoms with Crippen LogP contribution in [-0.2, 0) is 11.8 Å². The van der Waals surface area contributed by atoms with Crippen LogP contribution in [0.1, 0.15) is 39.8 Å². The zero-order valence-electron chi connectivity index (χ0n) is 17.4. The number of hydrogen-bond acceptors (Lipinski definition) is 6. The maximum atomic E-state index is 13.7. The van der Waals surface area contributed by atoms with Crippen molar-refractivity contribution in [2.45, 2.75) is 13.3 Å². The van der Waals surface area contributed by atoms with Crippen LogP contribution in [0.15, 0.2) is 42.7 Å². The average Bonchev–Trinajstić information content (AvgIpc) is 3.37. The highest BCUT2D eigenvalue weighted by Gasteiger charge is 2.24. The second kappa shape index (κ2) is 8.73. The molecule has 4 aromatic rings. The van der Waals surface area contributed by atoms with Gasteiger partial charge in [0.1, 0.15) is 28.5 Å². The third-order valence-electron chi connectivity index (χ3n) is 4.77. The van der Waals surface area contributed by atoms with Gasteiger partial charge in [0.25, 0.3) is 12.3 Å². The van der Waals surface area contributed by atoms with Crippen LogP contribution in [0.25, 0.3) is 16.9 Å². The quantitative estimate of drug-likeness (QED) is 0.443. The lowest BCUT2D eigenvalue weighted by Gasteiger charge is -2.10. The average molecular weight is 458 g/mol. The molecule has 0 radical (unpaired) electrons. The molecule has 0 unspecified atom stereocenters. The van der Waals surface area contributed by atoms with Gasteiger partial charge in [-0.05, 0) is 37.3 Å². The number of hydrogen-bond donors (Lipinski definition) is 1. The van der Waals surface area contributed by atoms with Crippen LogP contribution < -0.4 is 5.32 Å². The van der Waals surface area contributed by atoms with Gasteiger partial charge in [0.2, 0.25) is 0 Å². The van der Waals surface area contributed by atoms with Crippen LogP contribution in [0.3, 0.4) is 0 Å². The smallest absolute Gasteiger partial charge is 0.343 e. The van der Waals surface area contributed by atoms with Gasteiger partial charge in [0.15, 0.2) is 5.65 Å². The highest BCUT2D eigenvalue weighted by Crippen LogP contribution is 2.27. The van der Waals surface area contributed by atoms with Crippen molar-refractivity contribution in [1.82, 2.24) is 24.4 Å². The van der Waals surface area contributed by atoms with E-state index < -0.39 is 29.8 Å². The predicted octanol–water partition coefficient (Wildman–Crippen LogP) is 3.64. The number of esters is 1. The summed E-state index contributed by atoms with van der Waals surface area (Å²) in [6.07, 6.45) is -0.583. The molecule has 0 aliphatic heterocycles. The van der Waals surface area contributed by atoms with E-state index in [9.17, 15) is 22.8 Å². The number of alkyl halides is 2. The lowest BCUT2D eigenvalue weighted by atomic mass is 10.1. The number of nitrogens with zero attached hydrogens (tertiary/aromatic N) is 5. The monoisotopic (exact) mass is 458 g/mol. The number of aromatic nitrogens is 5. The Kier molecular flexibility index (Phi) is 5.82. The molecule has 9 nitrogen and oxygen atoms in total. The minimum absolute atomic E-state index is 0.0254. The van der Waals surface area contributed by atoms with Gasteiger partial charge in [-0.3, -0.25) is 9.48 Å². The zero-order chi connectivity index (χ0) is 23.7. The molecule has 0 aliphatic carbocycles. The molecule has 33 heavy (non-hydrogen) atoms. The molecule has 0 fully saturated rings. The van der Waals surface area contributed by atoms with Gasteiger partial charge < -0.3 is 10.1 Å². The zero-order valence-corrected chi connectivity index (χ0v) is 17.4. The van der Waals surface area contributed by atoms with E-state index in [2.05, 4.69) is 20.5 Å². The van der Waals surface area contributed by atoms with Crippen LogP contribution in [0.4, 0.5) is 19.0 Å². The molecule has 0 saturated heterocycles. The molecule has 0 bridgehead atoms. The molecule has 1 N–H and O–H groups in total. The van der Waals surface area contributed by atoms with E-state index in [1.165, 1.54) is 42.2 Å². The topological polar surface area (TPSA) is 103 Å². The minimum Gasteiger partial charge on any atom is -0.462 e. The maximum absolute atomic E-state index is 13.7. The molecular formula is C21H17F3N6O3. The van der Waals surface area contributed by atoms with E-state index in [1.54, 1.807) is 6.92 Å². The summed E-state index contributed by atoms with van der Waals surface area (Å²) in [6, 6.07) is 6.25. The van der Waals surface area contributed by atoms with Gasteiger partial charge in [-0.15, -0.1) is 0 Å². The number of fused-ring (bicyclic) bond motifs is 1. The number of benzene rings is 1.